The Bertz CT molecular complexity index is 1150. The number of carbonyl (C=O) groups excluding carboxylic acids is 3. The van der Waals surface area contributed by atoms with Gasteiger partial charge in [0.05, 0.1) is 19.5 Å². The topological polar surface area (TPSA) is 99.2 Å². The summed E-state index contributed by atoms with van der Waals surface area (Å²) in [5.41, 5.74) is 2.04. The molecule has 2 aromatic carbocycles. The first-order valence-corrected chi connectivity index (χ1v) is 12.7. The van der Waals surface area contributed by atoms with Gasteiger partial charge < -0.3 is 25.0 Å². The van der Waals surface area contributed by atoms with E-state index in [1.165, 1.54) is 16.2 Å². The minimum absolute atomic E-state index is 0.120. The van der Waals surface area contributed by atoms with Gasteiger partial charge in [0.25, 0.3) is 5.91 Å². The molecule has 3 aromatic rings. The minimum atomic E-state index is -1.48. The Morgan fingerprint density at radius 2 is 1.78 bits per heavy atom. The molecule has 2 heterocycles. The number of benzene rings is 2. The van der Waals surface area contributed by atoms with Crippen LogP contribution in [0.4, 0.5) is 0 Å². The van der Waals surface area contributed by atoms with Gasteiger partial charge >= 0.3 is 0 Å². The second kappa shape index (κ2) is 12.3. The van der Waals surface area contributed by atoms with E-state index in [4.69, 9.17) is 4.74 Å². The molecule has 0 aliphatic carbocycles. The number of aliphatic hydroxyl groups excluding tert-OH is 1. The zero-order chi connectivity index (χ0) is 25.3. The highest BCUT2D eigenvalue weighted by Gasteiger charge is 2.31. The number of aliphatic hydroxyl groups is 1. The van der Waals surface area contributed by atoms with Crippen LogP contribution >= 0.6 is 11.3 Å². The minimum Gasteiger partial charge on any atom is -0.489 e. The molecule has 0 spiro atoms. The van der Waals surface area contributed by atoms with Gasteiger partial charge in [0.2, 0.25) is 11.8 Å². The summed E-state index contributed by atoms with van der Waals surface area (Å²) in [6.07, 6.45) is -1.81. The van der Waals surface area contributed by atoms with Crippen LogP contribution in [0.3, 0.4) is 0 Å². The monoisotopic (exact) mass is 507 g/mol. The van der Waals surface area contributed by atoms with Crippen molar-refractivity contribution in [2.45, 2.75) is 32.2 Å². The number of rotatable bonds is 10. The van der Waals surface area contributed by atoms with Crippen molar-refractivity contribution in [2.24, 2.45) is 0 Å². The summed E-state index contributed by atoms with van der Waals surface area (Å²) < 4.78 is 5.81. The molecular formula is C27H29N3O5S. The smallest absolute Gasteiger partial charge is 0.252 e. The Morgan fingerprint density at radius 3 is 2.47 bits per heavy atom. The Morgan fingerprint density at radius 1 is 1.00 bits per heavy atom. The fourth-order valence-electron chi connectivity index (χ4n) is 3.86. The first kappa shape index (κ1) is 25.4. The highest BCUT2D eigenvalue weighted by Crippen LogP contribution is 2.17. The third kappa shape index (κ3) is 7.16. The first-order chi connectivity index (χ1) is 17.5. The van der Waals surface area contributed by atoms with E-state index in [0.29, 0.717) is 32.8 Å². The molecular weight excluding hydrogens is 478 g/mol. The van der Waals surface area contributed by atoms with Gasteiger partial charge in [-0.1, -0.05) is 48.5 Å². The van der Waals surface area contributed by atoms with E-state index in [1.807, 2.05) is 72.1 Å². The van der Waals surface area contributed by atoms with E-state index in [-0.39, 0.29) is 18.9 Å². The molecule has 36 heavy (non-hydrogen) atoms. The molecule has 0 radical (unpaired) electrons. The molecule has 1 atom stereocenters. The van der Waals surface area contributed by atoms with Crippen molar-refractivity contribution in [1.82, 2.24) is 15.1 Å². The molecule has 3 amide bonds. The highest BCUT2D eigenvalue weighted by molar-refractivity contribution is 7.09. The van der Waals surface area contributed by atoms with Crippen LogP contribution in [0.2, 0.25) is 0 Å². The van der Waals surface area contributed by atoms with E-state index in [1.54, 1.807) is 4.90 Å². The zero-order valence-corrected chi connectivity index (χ0v) is 20.7. The number of piperazine rings is 1. The Balaban J connectivity index is 1.20. The lowest BCUT2D eigenvalue weighted by atomic mass is 10.1. The number of ether oxygens (including phenoxy) is 1. The maximum absolute atomic E-state index is 12.7. The quantitative estimate of drug-likeness (QED) is 0.440. The van der Waals surface area contributed by atoms with Crippen molar-refractivity contribution in [3.05, 3.63) is 88.1 Å². The Hall–Kier alpha value is -3.69. The van der Waals surface area contributed by atoms with Gasteiger partial charge in [0.15, 0.2) is 0 Å². The summed E-state index contributed by atoms with van der Waals surface area (Å²) in [7, 11) is 0. The van der Waals surface area contributed by atoms with Gasteiger partial charge in [-0.25, -0.2) is 0 Å². The van der Waals surface area contributed by atoms with Crippen LogP contribution in [-0.2, 0) is 34.1 Å². The Kier molecular flexibility index (Phi) is 8.70. The summed E-state index contributed by atoms with van der Waals surface area (Å²) in [4.78, 5) is 41.3. The normalized spacial score (nSPS) is 14.4. The van der Waals surface area contributed by atoms with Gasteiger partial charge in [-0.3, -0.25) is 14.4 Å². The van der Waals surface area contributed by atoms with Gasteiger partial charge in [-0.2, -0.15) is 0 Å². The third-order valence-electron chi connectivity index (χ3n) is 5.88. The molecule has 0 saturated carbocycles. The highest BCUT2D eigenvalue weighted by atomic mass is 32.1. The van der Waals surface area contributed by atoms with Crippen molar-refractivity contribution in [2.75, 3.05) is 19.6 Å². The van der Waals surface area contributed by atoms with E-state index in [0.717, 1.165) is 21.8 Å². The van der Waals surface area contributed by atoms with Crippen LogP contribution in [0.5, 0.6) is 5.75 Å². The van der Waals surface area contributed by atoms with Crippen molar-refractivity contribution in [3.8, 4) is 5.75 Å². The van der Waals surface area contributed by atoms with E-state index < -0.39 is 17.9 Å². The average Bonchev–Trinajstić information content (AvgIpc) is 3.42. The number of amides is 3. The third-order valence-corrected chi connectivity index (χ3v) is 6.76. The molecule has 1 aromatic heterocycles. The second-order valence-corrected chi connectivity index (χ2v) is 9.60. The van der Waals surface area contributed by atoms with Crippen molar-refractivity contribution in [3.63, 3.8) is 0 Å². The van der Waals surface area contributed by atoms with Gasteiger partial charge in [0.1, 0.15) is 18.5 Å². The molecule has 9 heteroatoms. The lowest BCUT2D eigenvalue weighted by Crippen LogP contribution is -2.54. The number of hydrogen-bond acceptors (Lipinski definition) is 6. The maximum Gasteiger partial charge on any atom is 0.252 e. The zero-order valence-electron chi connectivity index (χ0n) is 19.8. The molecule has 0 unspecified atom stereocenters. The molecule has 1 aliphatic heterocycles. The molecule has 0 bridgehead atoms. The van der Waals surface area contributed by atoms with Crippen LogP contribution in [0.25, 0.3) is 0 Å². The van der Waals surface area contributed by atoms with Gasteiger partial charge in [-0.15, -0.1) is 11.3 Å². The molecule has 4 rings (SSSR count). The van der Waals surface area contributed by atoms with Gasteiger partial charge in [0, 0.05) is 24.5 Å². The molecule has 8 nitrogen and oxygen atoms in total. The molecule has 2 N–H and O–H groups in total. The summed E-state index contributed by atoms with van der Waals surface area (Å²) in [6, 6.07) is 21.3. The number of nitrogens with one attached hydrogen (secondary N) is 1. The molecule has 1 fully saturated rings. The predicted molar refractivity (Wildman–Crippen MR) is 136 cm³/mol. The molecule has 188 valence electrons. The maximum atomic E-state index is 12.7. The summed E-state index contributed by atoms with van der Waals surface area (Å²) in [5, 5.41) is 14.8. The summed E-state index contributed by atoms with van der Waals surface area (Å²) >= 11 is 1.51. The standard InChI is InChI=1S/C27H29N3O5S/c31-24(15-25(32)28-16-23-7-4-14-36-23)27(34)30-13-12-29(26(33)18-30)17-20-8-10-22(11-9-20)35-19-21-5-2-1-3-6-21/h1-11,14,24,31H,12-13,15-19H2,(H,28,32)/t24-/m1/s1. The summed E-state index contributed by atoms with van der Waals surface area (Å²) in [6.45, 7) is 1.80. The van der Waals surface area contributed by atoms with E-state index >= 15 is 0 Å². The van der Waals surface area contributed by atoms with Gasteiger partial charge in [-0.05, 0) is 34.7 Å². The number of carbonyl (C=O) groups is 3. The fraction of sp³-hybridized carbons (Fsp3) is 0.296. The van der Waals surface area contributed by atoms with E-state index in [9.17, 15) is 19.5 Å². The van der Waals surface area contributed by atoms with Crippen LogP contribution in [0.15, 0.2) is 72.1 Å². The van der Waals surface area contributed by atoms with Crippen molar-refractivity contribution >= 4 is 29.1 Å². The molecule has 1 saturated heterocycles. The van der Waals surface area contributed by atoms with Crippen LogP contribution in [-0.4, -0.2) is 58.4 Å². The first-order valence-electron chi connectivity index (χ1n) is 11.8. The SMILES string of the molecule is O=C(C[C@@H](O)C(=O)N1CCN(Cc2ccc(OCc3ccccc3)cc2)C(=O)C1)NCc1cccs1. The molecule has 1 aliphatic rings. The van der Waals surface area contributed by atoms with Crippen LogP contribution in [0, 0.1) is 0 Å². The fourth-order valence-corrected chi connectivity index (χ4v) is 4.51. The van der Waals surface area contributed by atoms with Crippen LogP contribution in [0.1, 0.15) is 22.4 Å². The predicted octanol–water partition coefficient (Wildman–Crippen LogP) is 2.57. The average molecular weight is 508 g/mol. The lowest BCUT2D eigenvalue weighted by molar-refractivity contribution is -0.151. The largest absolute Gasteiger partial charge is 0.489 e. The number of nitrogens with zero attached hydrogens (tertiary/aromatic N) is 2. The van der Waals surface area contributed by atoms with Crippen molar-refractivity contribution in [1.29, 1.82) is 0 Å². The number of thiophene rings is 1. The lowest BCUT2D eigenvalue weighted by Gasteiger charge is -2.35. The number of hydrogen-bond donors (Lipinski definition) is 2. The van der Waals surface area contributed by atoms with E-state index in [2.05, 4.69) is 5.32 Å². The van der Waals surface area contributed by atoms with Crippen LogP contribution < -0.4 is 10.1 Å². The summed E-state index contributed by atoms with van der Waals surface area (Å²) in [5.74, 6) is -0.467. The van der Waals surface area contributed by atoms with Crippen molar-refractivity contribution < 1.29 is 24.2 Å². The Labute approximate surface area is 214 Å². The second-order valence-electron chi connectivity index (χ2n) is 8.57.